The van der Waals surface area contributed by atoms with Crippen LogP contribution in [0.15, 0.2) is 12.3 Å². The molecule has 5 nitrogen and oxygen atoms in total. The van der Waals surface area contributed by atoms with Crippen molar-refractivity contribution in [3.63, 3.8) is 0 Å². The third-order valence-corrected chi connectivity index (χ3v) is 5.97. The van der Waals surface area contributed by atoms with Gasteiger partial charge < -0.3 is 15.9 Å². The Morgan fingerprint density at radius 2 is 2.24 bits per heavy atom. The maximum Gasteiger partial charge on any atom is 0.337 e. The van der Waals surface area contributed by atoms with Crippen molar-refractivity contribution in [2.24, 2.45) is 11.7 Å². The molecule has 1 aliphatic carbocycles. The molecule has 2 atom stereocenters. The molecule has 1 aromatic rings. The molecule has 1 saturated carbocycles. The Hall–Kier alpha value is -1.11. The van der Waals surface area contributed by atoms with E-state index < -0.39 is 17.6 Å². The van der Waals surface area contributed by atoms with E-state index >= 15 is 0 Å². The van der Waals surface area contributed by atoms with Crippen LogP contribution in [0.2, 0.25) is 0 Å². The second-order valence-corrected chi connectivity index (χ2v) is 8.43. The zero-order valence-corrected chi connectivity index (χ0v) is 16.0. The molecule has 0 saturated heterocycles. The minimum Gasteiger partial charge on any atom is -0.479 e. The highest BCUT2D eigenvalue weighted by Crippen LogP contribution is 2.34. The lowest BCUT2D eigenvalue weighted by Gasteiger charge is -2.29. The van der Waals surface area contributed by atoms with Crippen molar-refractivity contribution in [1.29, 1.82) is 0 Å². The number of hydrogen-bond acceptors (Lipinski definition) is 5. The molecule has 6 heteroatoms. The molecule has 0 amide bonds. The molecule has 1 aliphatic rings. The predicted octanol–water partition coefficient (Wildman–Crippen LogP) is 2.56. The van der Waals surface area contributed by atoms with Crippen molar-refractivity contribution in [2.45, 2.75) is 64.0 Å². The van der Waals surface area contributed by atoms with Crippen LogP contribution in [0.4, 0.5) is 0 Å². The quantitative estimate of drug-likeness (QED) is 0.557. The Bertz CT molecular complexity index is 592. The van der Waals surface area contributed by atoms with E-state index in [-0.39, 0.29) is 6.42 Å². The van der Waals surface area contributed by atoms with Crippen molar-refractivity contribution in [3.05, 3.63) is 29.1 Å². The summed E-state index contributed by atoms with van der Waals surface area (Å²) in [4.78, 5) is 16.0. The first kappa shape index (κ1) is 20.2. The lowest BCUT2D eigenvalue weighted by atomic mass is 9.89. The maximum atomic E-state index is 11.7. The lowest BCUT2D eigenvalue weighted by molar-refractivity contribution is -0.160. The van der Waals surface area contributed by atoms with Gasteiger partial charge in [-0.2, -0.15) is 11.8 Å². The number of aryl methyl sites for hydroxylation is 2. The number of nitrogens with two attached hydrogens (primary N) is 1. The molecule has 1 heterocycles. The molecular formula is C19H30N2O3S. The number of aromatic nitrogens is 1. The van der Waals surface area contributed by atoms with Gasteiger partial charge in [0.05, 0.1) is 6.04 Å². The summed E-state index contributed by atoms with van der Waals surface area (Å²) in [5, 5.41) is 20.2. The largest absolute Gasteiger partial charge is 0.479 e. The summed E-state index contributed by atoms with van der Waals surface area (Å²) in [7, 11) is 0. The first-order valence-electron chi connectivity index (χ1n) is 9.10. The topological polar surface area (TPSA) is 96.4 Å². The molecule has 4 N–H and O–H groups in total. The van der Waals surface area contributed by atoms with Gasteiger partial charge >= 0.3 is 5.97 Å². The monoisotopic (exact) mass is 366 g/mol. The molecule has 140 valence electrons. The van der Waals surface area contributed by atoms with Gasteiger partial charge in [0.1, 0.15) is 0 Å². The van der Waals surface area contributed by atoms with Gasteiger partial charge in [0.2, 0.25) is 0 Å². The van der Waals surface area contributed by atoms with Crippen molar-refractivity contribution in [1.82, 2.24) is 4.98 Å². The molecule has 0 bridgehead atoms. The first-order chi connectivity index (χ1) is 11.9. The van der Waals surface area contributed by atoms with Gasteiger partial charge in [0.25, 0.3) is 0 Å². The van der Waals surface area contributed by atoms with E-state index in [1.165, 1.54) is 36.6 Å². The molecule has 0 spiro atoms. The number of carbonyl (C=O) groups is 1. The van der Waals surface area contributed by atoms with Crippen LogP contribution in [0.1, 0.15) is 49.4 Å². The van der Waals surface area contributed by atoms with E-state index in [9.17, 15) is 15.0 Å². The number of aliphatic hydroxyl groups is 1. The molecule has 25 heavy (non-hydrogen) atoms. The summed E-state index contributed by atoms with van der Waals surface area (Å²) in [6.45, 7) is 4.00. The SMILES string of the molecule is CCSC[C@H](N)[C@](O)(Cc1cc(CCCC2CC2)c(C)cn1)C(=O)O. The molecule has 1 aromatic heterocycles. The number of thioether (sulfide) groups is 1. The number of nitrogens with zero attached hydrogens (tertiary/aromatic N) is 1. The molecule has 2 rings (SSSR count). The molecule has 0 radical (unpaired) electrons. The number of rotatable bonds is 11. The van der Waals surface area contributed by atoms with Gasteiger partial charge in [-0.15, -0.1) is 0 Å². The van der Waals surface area contributed by atoms with E-state index in [1.54, 1.807) is 6.20 Å². The van der Waals surface area contributed by atoms with Crippen LogP contribution in [0.25, 0.3) is 0 Å². The van der Waals surface area contributed by atoms with E-state index in [0.717, 1.165) is 30.1 Å². The summed E-state index contributed by atoms with van der Waals surface area (Å²) in [6.07, 6.45) is 7.81. The Labute approximate surface area is 154 Å². The minimum absolute atomic E-state index is 0.0658. The second-order valence-electron chi connectivity index (χ2n) is 7.11. The maximum absolute atomic E-state index is 11.7. The third-order valence-electron chi connectivity index (χ3n) is 4.96. The predicted molar refractivity (Wildman–Crippen MR) is 102 cm³/mol. The van der Waals surface area contributed by atoms with Gasteiger partial charge in [-0.25, -0.2) is 4.79 Å². The molecule has 0 unspecified atom stereocenters. The highest BCUT2D eigenvalue weighted by molar-refractivity contribution is 7.99. The zero-order chi connectivity index (χ0) is 18.4. The Morgan fingerprint density at radius 1 is 1.52 bits per heavy atom. The summed E-state index contributed by atoms with van der Waals surface area (Å²) in [6, 6.07) is 1.10. The summed E-state index contributed by atoms with van der Waals surface area (Å²) < 4.78 is 0. The summed E-state index contributed by atoms with van der Waals surface area (Å²) in [5.41, 5.74) is 6.90. The van der Waals surface area contributed by atoms with Crippen LogP contribution in [0.5, 0.6) is 0 Å². The van der Waals surface area contributed by atoms with Crippen molar-refractivity contribution >= 4 is 17.7 Å². The molecule has 0 aliphatic heterocycles. The number of hydrogen-bond donors (Lipinski definition) is 3. The van der Waals surface area contributed by atoms with E-state index in [1.807, 2.05) is 19.9 Å². The third kappa shape index (κ3) is 5.69. The van der Waals surface area contributed by atoms with Crippen LogP contribution < -0.4 is 5.73 Å². The summed E-state index contributed by atoms with van der Waals surface area (Å²) >= 11 is 1.53. The Balaban J connectivity index is 2.07. The van der Waals surface area contributed by atoms with Gasteiger partial charge in [-0.3, -0.25) is 4.98 Å². The van der Waals surface area contributed by atoms with Crippen molar-refractivity contribution < 1.29 is 15.0 Å². The van der Waals surface area contributed by atoms with E-state index in [4.69, 9.17) is 5.73 Å². The normalized spacial score (nSPS) is 17.9. The smallest absolute Gasteiger partial charge is 0.337 e. The molecular weight excluding hydrogens is 336 g/mol. The van der Waals surface area contributed by atoms with Gasteiger partial charge in [-0.1, -0.05) is 26.2 Å². The summed E-state index contributed by atoms with van der Waals surface area (Å²) in [5.74, 6) is 0.860. The number of carboxylic acid groups (broad SMARTS) is 1. The van der Waals surface area contributed by atoms with Crippen LogP contribution >= 0.6 is 11.8 Å². The average Bonchev–Trinajstić information content (AvgIpc) is 3.39. The average molecular weight is 367 g/mol. The van der Waals surface area contributed by atoms with E-state index in [2.05, 4.69) is 4.98 Å². The van der Waals surface area contributed by atoms with Crippen molar-refractivity contribution in [2.75, 3.05) is 11.5 Å². The minimum atomic E-state index is -1.99. The molecule has 1 fully saturated rings. The van der Waals surface area contributed by atoms with Gasteiger partial charge in [-0.05, 0) is 48.6 Å². The lowest BCUT2D eigenvalue weighted by Crippen LogP contribution is -2.57. The fraction of sp³-hybridized carbons (Fsp3) is 0.684. The van der Waals surface area contributed by atoms with Crippen LogP contribution in [-0.4, -0.2) is 44.3 Å². The highest BCUT2D eigenvalue weighted by Gasteiger charge is 2.42. The van der Waals surface area contributed by atoms with Crippen LogP contribution in [-0.2, 0) is 17.6 Å². The van der Waals surface area contributed by atoms with Crippen molar-refractivity contribution in [3.8, 4) is 0 Å². The van der Waals surface area contributed by atoms with Gasteiger partial charge in [0.15, 0.2) is 5.60 Å². The number of aliphatic carboxylic acids is 1. The first-order valence-corrected chi connectivity index (χ1v) is 10.3. The standard InChI is InChI=1S/C19H30N2O3S/c1-3-25-12-17(20)19(24,18(22)23)10-16-9-15(13(2)11-21-16)6-4-5-14-7-8-14/h9,11,14,17,24H,3-8,10,12,20H2,1-2H3,(H,22,23)/t17-,19+/m0/s1. The number of pyridine rings is 1. The molecule has 0 aromatic carbocycles. The highest BCUT2D eigenvalue weighted by atomic mass is 32.2. The van der Waals surface area contributed by atoms with Crippen LogP contribution in [0.3, 0.4) is 0 Å². The van der Waals surface area contributed by atoms with Gasteiger partial charge in [0, 0.05) is 24.1 Å². The Morgan fingerprint density at radius 3 is 2.84 bits per heavy atom. The Kier molecular flexibility index (Phi) is 7.28. The van der Waals surface area contributed by atoms with Crippen LogP contribution in [0, 0.1) is 12.8 Å². The fourth-order valence-corrected chi connectivity index (χ4v) is 3.76. The van der Waals surface area contributed by atoms with E-state index in [0.29, 0.717) is 11.4 Å². The zero-order valence-electron chi connectivity index (χ0n) is 15.2. The number of carboxylic acids is 1. The fourth-order valence-electron chi connectivity index (χ4n) is 2.99. The second kappa shape index (κ2) is 9.01.